The van der Waals surface area contributed by atoms with Crippen molar-refractivity contribution in [3.8, 4) is 5.75 Å². The molecule has 1 aromatic carbocycles. The maximum atomic E-state index is 8.81. The molecule has 2 N–H and O–H groups in total. The zero-order valence-electron chi connectivity index (χ0n) is 23.3. The Hall–Kier alpha value is -1.63. The summed E-state index contributed by atoms with van der Waals surface area (Å²) in [6.45, 7) is 19.6. The quantitative estimate of drug-likeness (QED) is 0.393. The minimum absolute atomic E-state index is 0.333. The Morgan fingerprint density at radius 2 is 1.74 bits per heavy atom. The Labute approximate surface area is 210 Å². The van der Waals surface area contributed by atoms with Gasteiger partial charge in [-0.3, -0.25) is 4.90 Å². The van der Waals surface area contributed by atoms with Crippen molar-refractivity contribution in [2.24, 2.45) is 5.73 Å². The Bertz CT molecular complexity index is 625. The molecule has 2 aliphatic rings. The first-order valence-corrected chi connectivity index (χ1v) is 13.2. The number of aldehydes is 1. The summed E-state index contributed by atoms with van der Waals surface area (Å²) in [6.07, 6.45) is 5.82. The summed E-state index contributed by atoms with van der Waals surface area (Å²) in [6, 6.07) is 7.69. The Morgan fingerprint density at radius 3 is 2.21 bits per heavy atom. The minimum atomic E-state index is 0.333. The summed E-state index contributed by atoms with van der Waals surface area (Å²) in [5.41, 5.74) is 7.89. The Balaban J connectivity index is 0.00000105. The van der Waals surface area contributed by atoms with Gasteiger partial charge in [0.1, 0.15) is 12.0 Å². The van der Waals surface area contributed by atoms with Crippen molar-refractivity contribution in [2.75, 3.05) is 51.4 Å². The molecule has 1 aromatic rings. The number of carbonyl (C=O) groups excluding carboxylic acids is 1. The molecule has 1 saturated heterocycles. The Morgan fingerprint density at radius 1 is 1.18 bits per heavy atom. The molecule has 0 bridgehead atoms. The molecular formula is C28H53N3O3. The molecule has 2 fully saturated rings. The van der Waals surface area contributed by atoms with Gasteiger partial charge in [-0.2, -0.15) is 0 Å². The fourth-order valence-electron chi connectivity index (χ4n) is 3.68. The van der Waals surface area contributed by atoms with E-state index in [1.807, 2.05) is 27.7 Å². The highest BCUT2D eigenvalue weighted by atomic mass is 16.5. The van der Waals surface area contributed by atoms with Gasteiger partial charge in [-0.05, 0) is 56.2 Å². The van der Waals surface area contributed by atoms with Crippen molar-refractivity contribution in [1.82, 2.24) is 4.90 Å². The first-order chi connectivity index (χ1) is 16.3. The standard InChI is InChI=1S/C21H34N2O2.C3H9N.C2H4O.C2H6/c1-17(2)20-9-8-19(16-21(20)22(3)18-6-4-7-18)25-13-5-10-23-11-14-24-15-12-23;1-3(2)4;1-2-3;1-2/h8-9,16-18H,4-7,10-15H2,1-3H3;3H,4H2,1-2H3;2H,1H3;1-2H3. The van der Waals surface area contributed by atoms with Crippen LogP contribution in [0, 0.1) is 0 Å². The Kier molecular flexibility index (Phi) is 18.7. The summed E-state index contributed by atoms with van der Waals surface area (Å²) < 4.78 is 11.5. The van der Waals surface area contributed by atoms with Crippen LogP contribution in [0.2, 0.25) is 0 Å². The summed E-state index contributed by atoms with van der Waals surface area (Å²) in [5, 5.41) is 0. The van der Waals surface area contributed by atoms with Crippen molar-refractivity contribution in [1.29, 1.82) is 0 Å². The number of ether oxygens (including phenoxy) is 2. The van der Waals surface area contributed by atoms with Crippen molar-refractivity contribution in [3.05, 3.63) is 23.8 Å². The fraction of sp³-hybridized carbons (Fsp3) is 0.750. The molecule has 0 aromatic heterocycles. The summed E-state index contributed by atoms with van der Waals surface area (Å²) in [5.74, 6) is 1.54. The number of benzene rings is 1. The van der Waals surface area contributed by atoms with E-state index < -0.39 is 0 Å². The lowest BCUT2D eigenvalue weighted by Crippen LogP contribution is -2.37. The second-order valence-electron chi connectivity index (χ2n) is 9.21. The van der Waals surface area contributed by atoms with Gasteiger partial charge in [-0.15, -0.1) is 0 Å². The molecule has 0 amide bonds. The topological polar surface area (TPSA) is 68.0 Å². The summed E-state index contributed by atoms with van der Waals surface area (Å²) >= 11 is 0. The zero-order chi connectivity index (χ0) is 25.9. The zero-order valence-corrected chi connectivity index (χ0v) is 23.3. The lowest BCUT2D eigenvalue weighted by Gasteiger charge is -2.38. The molecule has 1 heterocycles. The van der Waals surface area contributed by atoms with Crippen LogP contribution >= 0.6 is 0 Å². The van der Waals surface area contributed by atoms with E-state index in [4.69, 9.17) is 20.0 Å². The molecule has 1 aliphatic carbocycles. The number of hydrogen-bond donors (Lipinski definition) is 1. The normalized spacial score (nSPS) is 15.6. The fourth-order valence-corrected chi connectivity index (χ4v) is 3.68. The van der Waals surface area contributed by atoms with E-state index in [9.17, 15) is 0 Å². The van der Waals surface area contributed by atoms with Crippen LogP contribution in [0.25, 0.3) is 0 Å². The molecule has 0 radical (unpaired) electrons. The monoisotopic (exact) mass is 479 g/mol. The van der Waals surface area contributed by atoms with Crippen LogP contribution in [0.1, 0.15) is 85.6 Å². The van der Waals surface area contributed by atoms with Crippen molar-refractivity contribution >= 4 is 12.0 Å². The number of nitrogens with zero attached hydrogens (tertiary/aromatic N) is 2. The number of hydrogen-bond acceptors (Lipinski definition) is 6. The number of anilines is 1. The lowest BCUT2D eigenvalue weighted by atomic mass is 9.90. The van der Waals surface area contributed by atoms with Crippen LogP contribution in [-0.4, -0.2) is 69.8 Å². The van der Waals surface area contributed by atoms with Gasteiger partial charge in [-0.1, -0.05) is 47.6 Å². The molecular weight excluding hydrogens is 426 g/mol. The van der Waals surface area contributed by atoms with E-state index in [1.54, 1.807) is 0 Å². The third kappa shape index (κ3) is 13.3. The molecule has 34 heavy (non-hydrogen) atoms. The highest BCUT2D eigenvalue weighted by Crippen LogP contribution is 2.35. The van der Waals surface area contributed by atoms with E-state index in [-0.39, 0.29) is 0 Å². The highest BCUT2D eigenvalue weighted by Gasteiger charge is 2.24. The molecule has 0 spiro atoms. The van der Waals surface area contributed by atoms with Gasteiger partial charge in [0.15, 0.2) is 0 Å². The van der Waals surface area contributed by atoms with Gasteiger partial charge < -0.3 is 24.9 Å². The van der Waals surface area contributed by atoms with Crippen LogP contribution in [0.15, 0.2) is 18.2 Å². The van der Waals surface area contributed by atoms with Crippen LogP contribution in [0.5, 0.6) is 5.75 Å². The largest absolute Gasteiger partial charge is 0.493 e. The van der Waals surface area contributed by atoms with E-state index in [0.717, 1.165) is 57.9 Å². The third-order valence-electron chi connectivity index (χ3n) is 5.62. The second kappa shape index (κ2) is 19.7. The van der Waals surface area contributed by atoms with Crippen LogP contribution in [-0.2, 0) is 9.53 Å². The van der Waals surface area contributed by atoms with Gasteiger partial charge in [-0.25, -0.2) is 0 Å². The van der Waals surface area contributed by atoms with E-state index >= 15 is 0 Å². The van der Waals surface area contributed by atoms with E-state index in [0.29, 0.717) is 18.0 Å². The number of morpholine rings is 1. The average Bonchev–Trinajstić information content (AvgIpc) is 2.77. The summed E-state index contributed by atoms with van der Waals surface area (Å²) in [4.78, 5) is 13.7. The van der Waals surface area contributed by atoms with Gasteiger partial charge in [0.25, 0.3) is 0 Å². The van der Waals surface area contributed by atoms with Crippen molar-refractivity contribution < 1.29 is 14.3 Å². The molecule has 0 atom stereocenters. The molecule has 6 nitrogen and oxygen atoms in total. The maximum absolute atomic E-state index is 8.81. The average molecular weight is 480 g/mol. The van der Waals surface area contributed by atoms with Gasteiger partial charge in [0.2, 0.25) is 0 Å². The van der Waals surface area contributed by atoms with E-state index in [2.05, 4.69) is 48.9 Å². The number of carbonyl (C=O) groups is 1. The molecule has 1 aliphatic heterocycles. The van der Waals surface area contributed by atoms with Crippen molar-refractivity contribution in [3.63, 3.8) is 0 Å². The van der Waals surface area contributed by atoms with Gasteiger partial charge in [0.05, 0.1) is 19.8 Å². The third-order valence-corrected chi connectivity index (χ3v) is 5.62. The predicted octanol–water partition coefficient (Wildman–Crippen LogP) is 5.48. The number of nitrogens with two attached hydrogens (primary N) is 1. The van der Waals surface area contributed by atoms with Crippen LogP contribution in [0.4, 0.5) is 5.69 Å². The second-order valence-corrected chi connectivity index (χ2v) is 9.21. The smallest absolute Gasteiger partial charge is 0.121 e. The molecule has 6 heteroatoms. The summed E-state index contributed by atoms with van der Waals surface area (Å²) in [7, 11) is 2.24. The van der Waals surface area contributed by atoms with Crippen LogP contribution in [0.3, 0.4) is 0 Å². The van der Waals surface area contributed by atoms with Crippen LogP contribution < -0.4 is 15.4 Å². The lowest BCUT2D eigenvalue weighted by molar-refractivity contribution is -0.106. The molecule has 0 unspecified atom stereocenters. The predicted molar refractivity (Wildman–Crippen MR) is 146 cm³/mol. The van der Waals surface area contributed by atoms with Gasteiger partial charge >= 0.3 is 0 Å². The molecule has 1 saturated carbocycles. The SMILES string of the molecule is CC.CC(C)N.CC(C)c1ccc(OCCCN2CCOCC2)cc1N(C)C1CCC1.CC=O. The number of rotatable bonds is 8. The molecule has 3 rings (SSSR count). The first-order valence-electron chi connectivity index (χ1n) is 13.2. The van der Waals surface area contributed by atoms with E-state index in [1.165, 1.54) is 37.4 Å². The van der Waals surface area contributed by atoms with Crippen molar-refractivity contribution in [2.45, 2.75) is 92.2 Å². The minimum Gasteiger partial charge on any atom is -0.493 e. The first kappa shape index (κ1) is 32.4. The maximum Gasteiger partial charge on any atom is 0.121 e. The molecule has 198 valence electrons. The van der Waals surface area contributed by atoms with Gasteiger partial charge in [0, 0.05) is 44.5 Å². The highest BCUT2D eigenvalue weighted by molar-refractivity contribution is 5.59.